The van der Waals surface area contributed by atoms with Gasteiger partial charge in [0.1, 0.15) is 5.75 Å². The van der Waals surface area contributed by atoms with Crippen LogP contribution in [0.3, 0.4) is 0 Å². The standard InChI is InChI=1S/C19H30N2O2.ClH/c1-14(2)13-23-17-9-7-15(8-10-17)19(3,4)18(22)21-11-5-6-16(20)12-21;/h7-10,14,16H,5-6,11-13,20H2,1-4H3;1H. The van der Waals surface area contributed by atoms with Crippen LogP contribution < -0.4 is 10.5 Å². The van der Waals surface area contributed by atoms with E-state index in [9.17, 15) is 4.79 Å². The summed E-state index contributed by atoms with van der Waals surface area (Å²) in [6, 6.07) is 8.01. The average Bonchev–Trinajstić information content (AvgIpc) is 2.52. The molecule has 1 atom stereocenters. The van der Waals surface area contributed by atoms with Crippen molar-refractivity contribution in [3.63, 3.8) is 0 Å². The highest BCUT2D eigenvalue weighted by Crippen LogP contribution is 2.28. The van der Waals surface area contributed by atoms with Crippen molar-refractivity contribution >= 4 is 18.3 Å². The second-order valence-corrected chi connectivity index (χ2v) is 7.51. The molecule has 1 saturated heterocycles. The largest absolute Gasteiger partial charge is 0.493 e. The molecule has 2 rings (SSSR count). The molecule has 136 valence electrons. The molecule has 2 N–H and O–H groups in total. The lowest BCUT2D eigenvalue weighted by molar-refractivity contribution is -0.137. The summed E-state index contributed by atoms with van der Waals surface area (Å²) in [7, 11) is 0. The number of carbonyl (C=O) groups is 1. The Labute approximate surface area is 152 Å². The van der Waals surface area contributed by atoms with Gasteiger partial charge in [0.05, 0.1) is 12.0 Å². The summed E-state index contributed by atoms with van der Waals surface area (Å²) in [6.07, 6.45) is 2.00. The van der Waals surface area contributed by atoms with Gasteiger partial charge in [-0.3, -0.25) is 4.79 Å². The number of piperidine rings is 1. The van der Waals surface area contributed by atoms with Crippen molar-refractivity contribution in [3.05, 3.63) is 29.8 Å². The van der Waals surface area contributed by atoms with Gasteiger partial charge in [-0.25, -0.2) is 0 Å². The van der Waals surface area contributed by atoms with Gasteiger partial charge in [-0.15, -0.1) is 12.4 Å². The van der Waals surface area contributed by atoms with Crippen molar-refractivity contribution in [1.29, 1.82) is 0 Å². The summed E-state index contributed by atoms with van der Waals surface area (Å²) in [5.41, 5.74) is 6.48. The van der Waals surface area contributed by atoms with Gasteiger partial charge < -0.3 is 15.4 Å². The summed E-state index contributed by atoms with van der Waals surface area (Å²) >= 11 is 0. The van der Waals surface area contributed by atoms with Crippen LogP contribution in [0.4, 0.5) is 0 Å². The van der Waals surface area contributed by atoms with Gasteiger partial charge in [0.15, 0.2) is 0 Å². The molecule has 1 fully saturated rings. The fourth-order valence-electron chi connectivity index (χ4n) is 2.94. The van der Waals surface area contributed by atoms with Crippen LogP contribution in [0, 0.1) is 5.92 Å². The maximum atomic E-state index is 12.9. The molecule has 1 aromatic rings. The van der Waals surface area contributed by atoms with Crippen molar-refractivity contribution < 1.29 is 9.53 Å². The Morgan fingerprint density at radius 3 is 2.50 bits per heavy atom. The number of carbonyl (C=O) groups excluding carboxylic acids is 1. The van der Waals surface area contributed by atoms with Crippen LogP contribution in [-0.4, -0.2) is 36.5 Å². The van der Waals surface area contributed by atoms with E-state index in [0.29, 0.717) is 19.1 Å². The normalized spacial score (nSPS) is 18.2. The summed E-state index contributed by atoms with van der Waals surface area (Å²) in [5, 5.41) is 0. The van der Waals surface area contributed by atoms with Gasteiger partial charge in [0.25, 0.3) is 0 Å². The first-order valence-corrected chi connectivity index (χ1v) is 8.59. The van der Waals surface area contributed by atoms with E-state index in [1.54, 1.807) is 0 Å². The van der Waals surface area contributed by atoms with Crippen molar-refractivity contribution in [2.24, 2.45) is 11.7 Å². The summed E-state index contributed by atoms with van der Waals surface area (Å²) < 4.78 is 5.71. The minimum atomic E-state index is -0.548. The van der Waals surface area contributed by atoms with E-state index in [2.05, 4.69) is 13.8 Å². The first-order valence-electron chi connectivity index (χ1n) is 8.59. The van der Waals surface area contributed by atoms with Crippen LogP contribution in [0.15, 0.2) is 24.3 Å². The van der Waals surface area contributed by atoms with Crippen LogP contribution in [0.1, 0.15) is 46.1 Å². The Hall–Kier alpha value is -1.26. The summed E-state index contributed by atoms with van der Waals surface area (Å²) in [5.74, 6) is 1.50. The van der Waals surface area contributed by atoms with E-state index in [0.717, 1.165) is 30.7 Å². The zero-order valence-corrected chi connectivity index (χ0v) is 16.1. The number of amides is 1. The van der Waals surface area contributed by atoms with Gasteiger partial charge in [-0.2, -0.15) is 0 Å². The van der Waals surface area contributed by atoms with Gasteiger partial charge in [-0.1, -0.05) is 26.0 Å². The second-order valence-electron chi connectivity index (χ2n) is 7.51. The zero-order chi connectivity index (χ0) is 17.0. The lowest BCUT2D eigenvalue weighted by Gasteiger charge is -2.36. The number of rotatable bonds is 5. The first-order chi connectivity index (χ1) is 10.8. The molecule has 1 heterocycles. The molecule has 0 aliphatic carbocycles. The molecule has 0 saturated carbocycles. The van der Waals surface area contributed by atoms with Gasteiger partial charge in [0, 0.05) is 19.1 Å². The number of nitrogens with zero attached hydrogens (tertiary/aromatic N) is 1. The van der Waals surface area contributed by atoms with Crippen molar-refractivity contribution in [2.45, 2.75) is 52.0 Å². The van der Waals surface area contributed by atoms with E-state index < -0.39 is 5.41 Å². The lowest BCUT2D eigenvalue weighted by atomic mass is 9.82. The highest BCUT2D eigenvalue weighted by Gasteiger charge is 2.35. The van der Waals surface area contributed by atoms with Crippen LogP contribution in [0.2, 0.25) is 0 Å². The van der Waals surface area contributed by atoms with Crippen LogP contribution in [-0.2, 0) is 10.2 Å². The molecule has 1 aromatic carbocycles. The van der Waals surface area contributed by atoms with Crippen molar-refractivity contribution in [2.75, 3.05) is 19.7 Å². The Bertz CT molecular complexity index is 529. The summed E-state index contributed by atoms with van der Waals surface area (Å²) in [4.78, 5) is 14.8. The van der Waals surface area contributed by atoms with Crippen LogP contribution in [0.5, 0.6) is 5.75 Å². The Balaban J connectivity index is 0.00000288. The van der Waals surface area contributed by atoms with Crippen molar-refractivity contribution in [3.8, 4) is 5.75 Å². The maximum absolute atomic E-state index is 12.9. The smallest absolute Gasteiger partial charge is 0.232 e. The number of ether oxygens (including phenoxy) is 1. The van der Waals surface area contributed by atoms with Crippen molar-refractivity contribution in [1.82, 2.24) is 4.90 Å². The van der Waals surface area contributed by atoms with E-state index in [-0.39, 0.29) is 24.4 Å². The summed E-state index contributed by atoms with van der Waals surface area (Å²) in [6.45, 7) is 10.4. The maximum Gasteiger partial charge on any atom is 0.232 e. The molecule has 1 aliphatic rings. The molecule has 1 unspecified atom stereocenters. The molecule has 0 aromatic heterocycles. The fourth-order valence-corrected chi connectivity index (χ4v) is 2.94. The number of nitrogens with two attached hydrogens (primary N) is 1. The molecular formula is C19H31ClN2O2. The number of hydrogen-bond acceptors (Lipinski definition) is 3. The molecule has 1 amide bonds. The SMILES string of the molecule is CC(C)COc1ccc(C(C)(C)C(=O)N2CCCC(N)C2)cc1.Cl. The molecular weight excluding hydrogens is 324 g/mol. The van der Waals surface area contributed by atoms with E-state index >= 15 is 0 Å². The minimum absolute atomic E-state index is 0. The van der Waals surface area contributed by atoms with Gasteiger partial charge in [-0.05, 0) is 50.3 Å². The Kier molecular flexibility index (Phi) is 7.56. The predicted molar refractivity (Wildman–Crippen MR) is 101 cm³/mol. The highest BCUT2D eigenvalue weighted by molar-refractivity contribution is 5.87. The van der Waals surface area contributed by atoms with E-state index in [1.807, 2.05) is 43.0 Å². The molecule has 24 heavy (non-hydrogen) atoms. The second kappa shape index (κ2) is 8.72. The third-order valence-electron chi connectivity index (χ3n) is 4.44. The molecule has 0 radical (unpaired) electrons. The van der Waals surface area contributed by atoms with Crippen LogP contribution in [0.25, 0.3) is 0 Å². The number of hydrogen-bond donors (Lipinski definition) is 1. The third-order valence-corrected chi connectivity index (χ3v) is 4.44. The minimum Gasteiger partial charge on any atom is -0.493 e. The zero-order valence-electron chi connectivity index (χ0n) is 15.2. The number of likely N-dealkylation sites (tertiary alicyclic amines) is 1. The number of benzene rings is 1. The molecule has 0 spiro atoms. The highest BCUT2D eigenvalue weighted by atomic mass is 35.5. The topological polar surface area (TPSA) is 55.6 Å². The number of halogens is 1. The average molecular weight is 355 g/mol. The quantitative estimate of drug-likeness (QED) is 0.881. The van der Waals surface area contributed by atoms with Gasteiger partial charge >= 0.3 is 0 Å². The molecule has 0 bridgehead atoms. The third kappa shape index (κ3) is 5.12. The first kappa shape index (κ1) is 20.8. The van der Waals surface area contributed by atoms with E-state index in [4.69, 9.17) is 10.5 Å². The van der Waals surface area contributed by atoms with Gasteiger partial charge in [0.2, 0.25) is 5.91 Å². The Morgan fingerprint density at radius 2 is 1.96 bits per heavy atom. The predicted octanol–water partition coefficient (Wildman–Crippen LogP) is 3.37. The molecule has 5 heteroatoms. The molecule has 1 aliphatic heterocycles. The fraction of sp³-hybridized carbons (Fsp3) is 0.632. The van der Waals surface area contributed by atoms with E-state index in [1.165, 1.54) is 0 Å². The Morgan fingerprint density at radius 1 is 1.33 bits per heavy atom. The van der Waals surface area contributed by atoms with Crippen LogP contribution >= 0.6 is 12.4 Å². The monoisotopic (exact) mass is 354 g/mol. The molecule has 4 nitrogen and oxygen atoms in total. The lowest BCUT2D eigenvalue weighted by Crippen LogP contribution is -2.51.